The highest BCUT2D eigenvalue weighted by atomic mass is 35.5. The molecule has 1 atom stereocenters. The summed E-state index contributed by atoms with van der Waals surface area (Å²) >= 11 is 12.8. The van der Waals surface area contributed by atoms with E-state index in [1.807, 2.05) is 13.8 Å². The third-order valence-electron chi connectivity index (χ3n) is 6.19. The van der Waals surface area contributed by atoms with Gasteiger partial charge in [-0.25, -0.2) is 12.8 Å². The van der Waals surface area contributed by atoms with E-state index in [2.05, 4.69) is 5.32 Å². The molecule has 2 amide bonds. The van der Waals surface area contributed by atoms with Crippen molar-refractivity contribution in [2.24, 2.45) is 5.92 Å². The highest BCUT2D eigenvalue weighted by Gasteiger charge is 2.35. The average Bonchev–Trinajstić information content (AvgIpc) is 2.92. The van der Waals surface area contributed by atoms with Gasteiger partial charge in [0.15, 0.2) is 0 Å². The summed E-state index contributed by atoms with van der Waals surface area (Å²) in [5.74, 6) is -1.80. The standard InChI is InChI=1S/C29H32Cl2FN3O4S/c1-4-26(29(37)33-17-20(2)3)34(18-22-23(30)13-10-14-24(22)31)28(36)19-35(27-16-9-8-15-25(27)32)40(38,39)21-11-6-5-7-12-21/h5-16,20,26H,4,17-19H2,1-3H3,(H,33,37). The molecule has 0 saturated carbocycles. The van der Waals surface area contributed by atoms with Crippen LogP contribution in [0.4, 0.5) is 10.1 Å². The number of anilines is 1. The van der Waals surface area contributed by atoms with Crippen molar-refractivity contribution in [1.82, 2.24) is 10.2 Å². The van der Waals surface area contributed by atoms with Crippen LogP contribution in [0, 0.1) is 11.7 Å². The van der Waals surface area contributed by atoms with Crippen molar-refractivity contribution in [3.05, 3.63) is 94.2 Å². The van der Waals surface area contributed by atoms with E-state index in [4.69, 9.17) is 23.2 Å². The minimum atomic E-state index is -4.38. The molecule has 0 aliphatic heterocycles. The second-order valence-corrected chi connectivity index (χ2v) is 12.2. The van der Waals surface area contributed by atoms with Crippen LogP contribution in [-0.4, -0.2) is 44.3 Å². The minimum absolute atomic E-state index is 0.117. The van der Waals surface area contributed by atoms with Crippen LogP contribution >= 0.6 is 23.2 Å². The molecule has 11 heteroatoms. The third kappa shape index (κ3) is 7.53. The summed E-state index contributed by atoms with van der Waals surface area (Å²) in [5.41, 5.74) is 0.102. The number of halogens is 3. The minimum Gasteiger partial charge on any atom is -0.354 e. The fraction of sp³-hybridized carbons (Fsp3) is 0.310. The lowest BCUT2D eigenvalue weighted by molar-refractivity contribution is -0.140. The normalized spacial score (nSPS) is 12.2. The Morgan fingerprint density at radius 3 is 2.10 bits per heavy atom. The Morgan fingerprint density at radius 1 is 0.925 bits per heavy atom. The van der Waals surface area contributed by atoms with Crippen molar-refractivity contribution in [2.75, 3.05) is 17.4 Å². The number of hydrogen-bond acceptors (Lipinski definition) is 4. The summed E-state index contributed by atoms with van der Waals surface area (Å²) in [4.78, 5) is 28.4. The van der Waals surface area contributed by atoms with Gasteiger partial charge in [-0.15, -0.1) is 0 Å². The summed E-state index contributed by atoms with van der Waals surface area (Å²) in [7, 11) is -4.38. The maximum absolute atomic E-state index is 15.0. The van der Waals surface area contributed by atoms with Crippen LogP contribution in [0.25, 0.3) is 0 Å². The molecule has 1 unspecified atom stereocenters. The predicted molar refractivity (Wildman–Crippen MR) is 156 cm³/mol. The number of para-hydroxylation sites is 1. The number of carbonyl (C=O) groups is 2. The second-order valence-electron chi connectivity index (χ2n) is 9.56. The number of benzene rings is 3. The zero-order chi connectivity index (χ0) is 29.4. The van der Waals surface area contributed by atoms with E-state index in [9.17, 15) is 22.4 Å². The maximum atomic E-state index is 15.0. The number of carbonyl (C=O) groups excluding carboxylic acids is 2. The predicted octanol–water partition coefficient (Wildman–Crippen LogP) is 5.91. The SMILES string of the molecule is CCC(C(=O)NCC(C)C)N(Cc1c(Cl)cccc1Cl)C(=O)CN(c1ccccc1F)S(=O)(=O)c1ccccc1. The summed E-state index contributed by atoms with van der Waals surface area (Å²) < 4.78 is 43.2. The molecule has 0 saturated heterocycles. The molecule has 3 aromatic carbocycles. The highest BCUT2D eigenvalue weighted by Crippen LogP contribution is 2.29. The van der Waals surface area contributed by atoms with Crippen LogP contribution in [0.2, 0.25) is 10.0 Å². The van der Waals surface area contributed by atoms with Crippen molar-refractivity contribution in [1.29, 1.82) is 0 Å². The van der Waals surface area contributed by atoms with Crippen molar-refractivity contribution < 1.29 is 22.4 Å². The van der Waals surface area contributed by atoms with Gasteiger partial charge in [-0.3, -0.25) is 13.9 Å². The first-order valence-electron chi connectivity index (χ1n) is 12.8. The van der Waals surface area contributed by atoms with E-state index in [1.165, 1.54) is 47.4 Å². The van der Waals surface area contributed by atoms with Crippen molar-refractivity contribution >= 4 is 50.7 Å². The number of hydrogen-bond donors (Lipinski definition) is 1. The van der Waals surface area contributed by atoms with Crippen molar-refractivity contribution in [2.45, 2.75) is 44.7 Å². The molecule has 0 bridgehead atoms. The summed E-state index contributed by atoms with van der Waals surface area (Å²) in [6, 6.07) is 16.6. The number of sulfonamides is 1. The molecule has 1 N–H and O–H groups in total. The molecule has 7 nitrogen and oxygen atoms in total. The Labute approximate surface area is 244 Å². The van der Waals surface area contributed by atoms with Crippen LogP contribution < -0.4 is 9.62 Å². The zero-order valence-electron chi connectivity index (χ0n) is 22.5. The molecule has 3 aromatic rings. The van der Waals surface area contributed by atoms with Crippen LogP contribution in [0.3, 0.4) is 0 Å². The van der Waals surface area contributed by atoms with Gasteiger partial charge < -0.3 is 10.2 Å². The fourth-order valence-corrected chi connectivity index (χ4v) is 6.04. The van der Waals surface area contributed by atoms with Crippen LogP contribution in [-0.2, 0) is 26.2 Å². The van der Waals surface area contributed by atoms with Gasteiger partial charge in [-0.05, 0) is 48.7 Å². The Bertz CT molecular complexity index is 1420. The van der Waals surface area contributed by atoms with Crippen molar-refractivity contribution in [3.63, 3.8) is 0 Å². The molecule has 214 valence electrons. The largest absolute Gasteiger partial charge is 0.354 e. The molecule has 40 heavy (non-hydrogen) atoms. The Balaban J connectivity index is 2.09. The lowest BCUT2D eigenvalue weighted by Crippen LogP contribution is -2.52. The van der Waals surface area contributed by atoms with E-state index in [-0.39, 0.29) is 39.5 Å². The molecule has 0 spiro atoms. The van der Waals surface area contributed by atoms with E-state index in [0.717, 1.165) is 10.4 Å². The number of rotatable bonds is 12. The van der Waals surface area contributed by atoms with Crippen LogP contribution in [0.15, 0.2) is 77.7 Å². The van der Waals surface area contributed by atoms with Crippen LogP contribution in [0.5, 0.6) is 0 Å². The lowest BCUT2D eigenvalue weighted by atomic mass is 10.1. The molecule has 0 aliphatic carbocycles. The summed E-state index contributed by atoms with van der Waals surface area (Å²) in [6.07, 6.45) is 0.225. The monoisotopic (exact) mass is 607 g/mol. The number of amides is 2. The summed E-state index contributed by atoms with van der Waals surface area (Å²) in [5, 5.41) is 3.41. The van der Waals surface area contributed by atoms with E-state index >= 15 is 0 Å². The van der Waals surface area contributed by atoms with Gasteiger partial charge in [0.2, 0.25) is 11.8 Å². The van der Waals surface area contributed by atoms with Crippen molar-refractivity contribution in [3.8, 4) is 0 Å². The van der Waals surface area contributed by atoms with Gasteiger partial charge in [-0.2, -0.15) is 0 Å². The van der Waals surface area contributed by atoms with Crippen LogP contribution in [0.1, 0.15) is 32.8 Å². The molecule has 0 fully saturated rings. The van der Waals surface area contributed by atoms with Gasteiger partial charge in [0.1, 0.15) is 18.4 Å². The number of nitrogens with one attached hydrogen (secondary N) is 1. The molecular weight excluding hydrogens is 576 g/mol. The Kier molecular flexibility index (Phi) is 11.0. The fourth-order valence-electron chi connectivity index (χ4n) is 4.08. The second kappa shape index (κ2) is 14.0. The zero-order valence-corrected chi connectivity index (χ0v) is 24.8. The first-order valence-corrected chi connectivity index (χ1v) is 15.0. The van der Waals surface area contributed by atoms with Gasteiger partial charge >= 0.3 is 0 Å². The van der Waals surface area contributed by atoms with Gasteiger partial charge in [0.25, 0.3) is 10.0 Å². The Morgan fingerprint density at radius 2 is 1.52 bits per heavy atom. The van der Waals surface area contributed by atoms with Gasteiger partial charge in [-0.1, -0.05) is 80.4 Å². The molecule has 3 rings (SSSR count). The molecular formula is C29H32Cl2FN3O4S. The first kappa shape index (κ1) is 31.4. The molecule has 0 radical (unpaired) electrons. The molecule has 0 heterocycles. The Hall–Kier alpha value is -3.14. The maximum Gasteiger partial charge on any atom is 0.264 e. The molecule has 0 aliphatic rings. The smallest absolute Gasteiger partial charge is 0.264 e. The highest BCUT2D eigenvalue weighted by molar-refractivity contribution is 7.92. The quantitative estimate of drug-likeness (QED) is 0.277. The van der Waals surface area contributed by atoms with Gasteiger partial charge in [0, 0.05) is 28.7 Å². The van der Waals surface area contributed by atoms with E-state index in [1.54, 1.807) is 31.2 Å². The lowest BCUT2D eigenvalue weighted by Gasteiger charge is -2.33. The average molecular weight is 609 g/mol. The third-order valence-corrected chi connectivity index (χ3v) is 8.67. The van der Waals surface area contributed by atoms with E-state index < -0.39 is 40.2 Å². The summed E-state index contributed by atoms with van der Waals surface area (Å²) in [6.45, 7) is 5.07. The molecule has 0 aromatic heterocycles. The number of nitrogens with zero attached hydrogens (tertiary/aromatic N) is 2. The van der Waals surface area contributed by atoms with E-state index in [0.29, 0.717) is 12.1 Å². The first-order chi connectivity index (χ1) is 19.0. The van der Waals surface area contributed by atoms with Gasteiger partial charge in [0.05, 0.1) is 10.6 Å². The topological polar surface area (TPSA) is 86.8 Å².